The van der Waals surface area contributed by atoms with Gasteiger partial charge in [-0.05, 0) is 44.0 Å². The second-order valence-electron chi connectivity index (χ2n) is 4.67. The monoisotopic (exact) mass is 327 g/mol. The van der Waals surface area contributed by atoms with E-state index in [1.165, 1.54) is 0 Å². The van der Waals surface area contributed by atoms with Crippen LogP contribution >= 0.6 is 15.9 Å². The highest BCUT2D eigenvalue weighted by molar-refractivity contribution is 9.10. The van der Waals surface area contributed by atoms with Gasteiger partial charge in [0.2, 0.25) is 0 Å². The highest BCUT2D eigenvalue weighted by atomic mass is 79.9. The molecule has 0 saturated heterocycles. The molecular weight excluding hydrogens is 306 g/mol. The minimum Gasteiger partial charge on any atom is -0.481 e. The first-order valence-corrected chi connectivity index (χ1v) is 7.54. The summed E-state index contributed by atoms with van der Waals surface area (Å²) in [6.45, 7) is 6.63. The van der Waals surface area contributed by atoms with Gasteiger partial charge in [-0.3, -0.25) is 4.79 Å². The van der Waals surface area contributed by atoms with Crippen LogP contribution in [0.1, 0.15) is 38.7 Å². The van der Waals surface area contributed by atoms with Crippen LogP contribution in [0.5, 0.6) is 5.75 Å². The average molecular weight is 328 g/mol. The third-order valence-electron chi connectivity index (χ3n) is 2.89. The van der Waals surface area contributed by atoms with Crippen molar-refractivity contribution >= 4 is 21.8 Å². The number of carbonyl (C=O) groups is 1. The lowest BCUT2D eigenvalue weighted by Crippen LogP contribution is -2.36. The van der Waals surface area contributed by atoms with Crippen molar-refractivity contribution in [3.63, 3.8) is 0 Å². The third-order valence-corrected chi connectivity index (χ3v) is 3.78. The zero-order valence-corrected chi connectivity index (χ0v) is 13.4. The maximum atomic E-state index is 11.8. The second kappa shape index (κ2) is 8.20. The Morgan fingerprint density at radius 2 is 2.16 bits per heavy atom. The van der Waals surface area contributed by atoms with Crippen molar-refractivity contribution in [1.82, 2.24) is 5.32 Å². The quantitative estimate of drug-likeness (QED) is 0.773. The first-order chi connectivity index (χ1) is 9.04. The van der Waals surface area contributed by atoms with Gasteiger partial charge < -0.3 is 10.1 Å². The van der Waals surface area contributed by atoms with Gasteiger partial charge in [0, 0.05) is 11.0 Å². The number of hydrogen-bond acceptors (Lipinski definition) is 2. The van der Waals surface area contributed by atoms with E-state index in [0.29, 0.717) is 0 Å². The normalized spacial score (nSPS) is 12.0. The van der Waals surface area contributed by atoms with Gasteiger partial charge in [0.1, 0.15) is 5.75 Å². The summed E-state index contributed by atoms with van der Waals surface area (Å²) in [6, 6.07) is 5.71. The smallest absolute Gasteiger partial charge is 0.260 e. The number of rotatable bonds is 7. The Bertz CT molecular complexity index is 421. The molecule has 0 heterocycles. The lowest BCUT2D eigenvalue weighted by molar-refractivity contribution is -0.127. The van der Waals surface area contributed by atoms with E-state index in [4.69, 9.17) is 4.74 Å². The Morgan fingerprint density at radius 3 is 2.79 bits per heavy atom. The Labute approximate surface area is 123 Å². The van der Waals surface area contributed by atoms with E-state index in [1.807, 2.05) is 25.1 Å². The first kappa shape index (κ1) is 16.0. The van der Waals surface area contributed by atoms with Crippen LogP contribution in [0.15, 0.2) is 22.7 Å². The van der Waals surface area contributed by atoms with Gasteiger partial charge >= 0.3 is 0 Å². The van der Waals surface area contributed by atoms with Crippen molar-refractivity contribution in [3.05, 3.63) is 28.2 Å². The molecule has 1 unspecified atom stereocenters. The molecule has 106 valence electrons. The molecule has 1 rings (SSSR count). The number of amides is 1. The Balaban J connectivity index is 2.42. The van der Waals surface area contributed by atoms with Crippen LogP contribution in [0.4, 0.5) is 0 Å². The van der Waals surface area contributed by atoms with Crippen molar-refractivity contribution < 1.29 is 9.53 Å². The van der Waals surface area contributed by atoms with E-state index in [1.54, 1.807) is 6.92 Å². The molecule has 1 aromatic rings. The summed E-state index contributed by atoms with van der Waals surface area (Å²) in [7, 11) is 0. The summed E-state index contributed by atoms with van der Waals surface area (Å²) in [5, 5.41) is 2.89. The van der Waals surface area contributed by atoms with Gasteiger partial charge in [0.05, 0.1) is 0 Å². The molecular formula is C15H22BrNO2. The molecule has 0 aliphatic rings. The van der Waals surface area contributed by atoms with Crippen LogP contribution in [0.2, 0.25) is 0 Å². The maximum Gasteiger partial charge on any atom is 0.260 e. The highest BCUT2D eigenvalue weighted by Gasteiger charge is 2.14. The lowest BCUT2D eigenvalue weighted by Gasteiger charge is -2.15. The molecule has 1 atom stereocenters. The largest absolute Gasteiger partial charge is 0.481 e. The fourth-order valence-electron chi connectivity index (χ4n) is 1.68. The van der Waals surface area contributed by atoms with E-state index in [2.05, 4.69) is 28.2 Å². The Hall–Kier alpha value is -1.03. The first-order valence-electron chi connectivity index (χ1n) is 6.75. The zero-order valence-electron chi connectivity index (χ0n) is 11.8. The lowest BCUT2D eigenvalue weighted by atomic mass is 10.2. The zero-order chi connectivity index (χ0) is 14.3. The van der Waals surface area contributed by atoms with E-state index < -0.39 is 6.10 Å². The predicted octanol–water partition coefficient (Wildman–Crippen LogP) is 3.83. The van der Waals surface area contributed by atoms with Gasteiger partial charge in [-0.15, -0.1) is 0 Å². The minimum atomic E-state index is -0.470. The van der Waals surface area contributed by atoms with Crippen LogP contribution in [-0.2, 0) is 4.79 Å². The van der Waals surface area contributed by atoms with Crippen molar-refractivity contribution in [1.29, 1.82) is 0 Å². The fourth-order valence-corrected chi connectivity index (χ4v) is 1.93. The molecule has 19 heavy (non-hydrogen) atoms. The van der Waals surface area contributed by atoms with Gasteiger partial charge in [-0.25, -0.2) is 0 Å². The second-order valence-corrected chi connectivity index (χ2v) is 5.52. The predicted molar refractivity (Wildman–Crippen MR) is 81.5 cm³/mol. The molecule has 3 nitrogen and oxygen atoms in total. The average Bonchev–Trinajstić information content (AvgIpc) is 2.38. The fraction of sp³-hybridized carbons (Fsp3) is 0.533. The number of aryl methyl sites for hydroxylation is 1. The summed E-state index contributed by atoms with van der Waals surface area (Å²) in [5.74, 6) is 0.661. The van der Waals surface area contributed by atoms with Gasteiger partial charge in [0.25, 0.3) is 5.91 Å². The Kier molecular flexibility index (Phi) is 6.92. The summed E-state index contributed by atoms with van der Waals surface area (Å²) >= 11 is 3.44. The molecule has 0 aliphatic carbocycles. The van der Waals surface area contributed by atoms with E-state index >= 15 is 0 Å². The third kappa shape index (κ3) is 5.64. The van der Waals surface area contributed by atoms with E-state index in [9.17, 15) is 4.79 Å². The molecule has 0 aliphatic heterocycles. The molecule has 1 N–H and O–H groups in total. The van der Waals surface area contributed by atoms with E-state index in [0.717, 1.165) is 41.6 Å². The van der Waals surface area contributed by atoms with Crippen molar-refractivity contribution in [2.75, 3.05) is 6.54 Å². The molecule has 4 heteroatoms. The number of hydrogen-bond donors (Lipinski definition) is 1. The van der Waals surface area contributed by atoms with Crippen LogP contribution in [0.3, 0.4) is 0 Å². The molecule has 0 bridgehead atoms. The van der Waals surface area contributed by atoms with E-state index in [-0.39, 0.29) is 5.91 Å². The van der Waals surface area contributed by atoms with Gasteiger partial charge in [0.15, 0.2) is 6.10 Å². The molecule has 0 aromatic heterocycles. The van der Waals surface area contributed by atoms with Crippen molar-refractivity contribution in [3.8, 4) is 5.75 Å². The number of nitrogens with one attached hydrogen (secondary N) is 1. The molecule has 0 saturated carbocycles. The summed E-state index contributed by atoms with van der Waals surface area (Å²) in [5.41, 5.74) is 1.09. The van der Waals surface area contributed by atoms with Gasteiger partial charge in [-0.1, -0.05) is 35.7 Å². The molecule has 0 radical (unpaired) electrons. The number of carbonyl (C=O) groups excluding carboxylic acids is 1. The summed E-state index contributed by atoms with van der Waals surface area (Å²) < 4.78 is 6.67. The standard InChI is InChI=1S/C15H22BrNO2/c1-4-5-6-9-17-15(18)12(3)19-13-7-8-14(16)11(2)10-13/h7-8,10,12H,4-6,9H2,1-3H3,(H,17,18). The molecule has 0 fully saturated rings. The van der Waals surface area contributed by atoms with Gasteiger partial charge in [-0.2, -0.15) is 0 Å². The maximum absolute atomic E-state index is 11.8. The number of halogens is 1. The SMILES string of the molecule is CCCCCNC(=O)C(C)Oc1ccc(Br)c(C)c1. The van der Waals surface area contributed by atoms with Crippen LogP contribution in [0, 0.1) is 6.92 Å². The topological polar surface area (TPSA) is 38.3 Å². The molecule has 0 spiro atoms. The van der Waals surface area contributed by atoms with Crippen molar-refractivity contribution in [2.45, 2.75) is 46.1 Å². The molecule has 1 aromatic carbocycles. The summed E-state index contributed by atoms with van der Waals surface area (Å²) in [6.07, 6.45) is 2.84. The Morgan fingerprint density at radius 1 is 1.42 bits per heavy atom. The number of benzene rings is 1. The summed E-state index contributed by atoms with van der Waals surface area (Å²) in [4.78, 5) is 11.8. The van der Waals surface area contributed by atoms with Crippen molar-refractivity contribution in [2.24, 2.45) is 0 Å². The van der Waals surface area contributed by atoms with Crippen LogP contribution in [0.25, 0.3) is 0 Å². The number of ether oxygens (including phenoxy) is 1. The highest BCUT2D eigenvalue weighted by Crippen LogP contribution is 2.22. The van der Waals surface area contributed by atoms with Crippen LogP contribution < -0.4 is 10.1 Å². The molecule has 1 amide bonds. The number of unbranched alkanes of at least 4 members (excludes halogenated alkanes) is 2. The van der Waals surface area contributed by atoms with Crippen LogP contribution in [-0.4, -0.2) is 18.6 Å². The minimum absolute atomic E-state index is 0.0586.